The molecule has 6 heteroatoms. The third-order valence-electron chi connectivity index (χ3n) is 3.36. The van der Waals surface area contributed by atoms with E-state index in [-0.39, 0.29) is 5.28 Å². The molecule has 0 aliphatic carbocycles. The van der Waals surface area contributed by atoms with Crippen LogP contribution in [0.2, 0.25) is 5.28 Å². The van der Waals surface area contributed by atoms with Crippen LogP contribution in [0.4, 0.5) is 0 Å². The van der Waals surface area contributed by atoms with Crippen molar-refractivity contribution >= 4 is 22.5 Å². The zero-order valence-electron chi connectivity index (χ0n) is 10.9. The van der Waals surface area contributed by atoms with Gasteiger partial charge in [-0.3, -0.25) is 5.10 Å². The molecule has 3 heterocycles. The highest BCUT2D eigenvalue weighted by atomic mass is 35.5. The Balaban J connectivity index is 2.02. The first-order chi connectivity index (χ1) is 10.3. The lowest BCUT2D eigenvalue weighted by atomic mass is 10.1. The van der Waals surface area contributed by atoms with Gasteiger partial charge in [0.2, 0.25) is 5.28 Å². The van der Waals surface area contributed by atoms with Gasteiger partial charge < -0.3 is 4.57 Å². The molecule has 0 aliphatic heterocycles. The molecule has 4 aromatic rings. The number of nitrogens with zero attached hydrogens (tertiary/aromatic N) is 4. The van der Waals surface area contributed by atoms with Crippen molar-refractivity contribution in [1.29, 1.82) is 0 Å². The van der Waals surface area contributed by atoms with Crippen molar-refractivity contribution in [2.75, 3.05) is 0 Å². The van der Waals surface area contributed by atoms with Crippen molar-refractivity contribution < 1.29 is 0 Å². The normalized spacial score (nSPS) is 11.1. The van der Waals surface area contributed by atoms with Gasteiger partial charge in [0.15, 0.2) is 0 Å². The number of para-hydroxylation sites is 1. The Hall–Kier alpha value is -2.66. The zero-order chi connectivity index (χ0) is 14.2. The molecule has 21 heavy (non-hydrogen) atoms. The summed E-state index contributed by atoms with van der Waals surface area (Å²) in [5.74, 6) is 0.733. The van der Waals surface area contributed by atoms with Gasteiger partial charge in [-0.15, -0.1) is 0 Å². The second kappa shape index (κ2) is 4.71. The van der Waals surface area contributed by atoms with E-state index in [2.05, 4.69) is 26.2 Å². The van der Waals surface area contributed by atoms with Gasteiger partial charge in [0.1, 0.15) is 5.82 Å². The van der Waals surface area contributed by atoms with E-state index in [0.717, 1.165) is 28.0 Å². The Bertz CT molecular complexity index is 911. The lowest BCUT2D eigenvalue weighted by molar-refractivity contribution is 1.01. The monoisotopic (exact) mass is 295 g/mol. The third-order valence-corrected chi connectivity index (χ3v) is 3.54. The Morgan fingerprint density at radius 3 is 2.76 bits per heavy atom. The fourth-order valence-corrected chi connectivity index (χ4v) is 2.59. The molecular weight excluding hydrogens is 286 g/mol. The average molecular weight is 296 g/mol. The maximum Gasteiger partial charge on any atom is 0.224 e. The van der Waals surface area contributed by atoms with Gasteiger partial charge in [0.25, 0.3) is 0 Å². The van der Waals surface area contributed by atoms with Gasteiger partial charge in [-0.05, 0) is 29.8 Å². The number of halogens is 1. The molecule has 0 saturated carbocycles. The topological polar surface area (TPSA) is 59.4 Å². The number of H-pyrrole nitrogens is 1. The van der Waals surface area contributed by atoms with E-state index in [1.807, 2.05) is 41.1 Å². The number of nitrogens with one attached hydrogen (secondary N) is 1. The van der Waals surface area contributed by atoms with Crippen molar-refractivity contribution in [3.63, 3.8) is 0 Å². The number of aromatic nitrogens is 5. The predicted molar refractivity (Wildman–Crippen MR) is 81.5 cm³/mol. The summed E-state index contributed by atoms with van der Waals surface area (Å²) in [6, 6.07) is 11.9. The van der Waals surface area contributed by atoms with Crippen molar-refractivity contribution in [3.05, 3.63) is 60.3 Å². The van der Waals surface area contributed by atoms with Crippen molar-refractivity contribution in [1.82, 2.24) is 24.7 Å². The summed E-state index contributed by atoms with van der Waals surface area (Å²) in [7, 11) is 0. The summed E-state index contributed by atoms with van der Waals surface area (Å²) in [5.41, 5.74) is 3.08. The molecule has 0 aliphatic rings. The van der Waals surface area contributed by atoms with Gasteiger partial charge in [-0.1, -0.05) is 18.2 Å². The maximum absolute atomic E-state index is 5.90. The van der Waals surface area contributed by atoms with E-state index in [4.69, 9.17) is 11.6 Å². The SMILES string of the molecule is Clc1nccc(-n2cc(-c3ccn[nH]3)c3ccccc32)n1. The second-order valence-electron chi connectivity index (χ2n) is 4.58. The summed E-state index contributed by atoms with van der Waals surface area (Å²) in [4.78, 5) is 8.21. The van der Waals surface area contributed by atoms with E-state index in [0.29, 0.717) is 0 Å². The fourth-order valence-electron chi connectivity index (χ4n) is 2.45. The molecule has 0 saturated heterocycles. The summed E-state index contributed by atoms with van der Waals surface area (Å²) >= 11 is 5.90. The van der Waals surface area contributed by atoms with Crippen molar-refractivity contribution in [2.45, 2.75) is 0 Å². The largest absolute Gasteiger partial charge is 0.300 e. The number of benzene rings is 1. The summed E-state index contributed by atoms with van der Waals surface area (Å²) in [5, 5.41) is 8.37. The van der Waals surface area contributed by atoms with E-state index < -0.39 is 0 Å². The van der Waals surface area contributed by atoms with Crippen molar-refractivity contribution in [2.24, 2.45) is 0 Å². The molecule has 102 valence electrons. The van der Waals surface area contributed by atoms with Crippen LogP contribution in [0.25, 0.3) is 28.0 Å². The molecular formula is C15H10ClN5. The molecule has 0 radical (unpaired) electrons. The Labute approximate surface area is 125 Å². The zero-order valence-corrected chi connectivity index (χ0v) is 11.6. The number of hydrogen-bond acceptors (Lipinski definition) is 3. The fraction of sp³-hybridized carbons (Fsp3) is 0. The van der Waals surface area contributed by atoms with Crippen LogP contribution in [-0.4, -0.2) is 24.7 Å². The second-order valence-corrected chi connectivity index (χ2v) is 4.92. The Morgan fingerprint density at radius 1 is 1.05 bits per heavy atom. The minimum Gasteiger partial charge on any atom is -0.300 e. The highest BCUT2D eigenvalue weighted by Gasteiger charge is 2.12. The van der Waals surface area contributed by atoms with E-state index in [9.17, 15) is 0 Å². The van der Waals surface area contributed by atoms with Gasteiger partial charge in [0, 0.05) is 29.5 Å². The molecule has 3 aromatic heterocycles. The minimum absolute atomic E-state index is 0.230. The van der Waals surface area contributed by atoms with Crippen molar-refractivity contribution in [3.8, 4) is 17.1 Å². The molecule has 0 spiro atoms. The molecule has 0 fully saturated rings. The summed E-state index contributed by atoms with van der Waals surface area (Å²) in [6.45, 7) is 0. The average Bonchev–Trinajstić information content (AvgIpc) is 3.14. The van der Waals surface area contributed by atoms with Crippen LogP contribution in [0.1, 0.15) is 0 Å². The van der Waals surface area contributed by atoms with Gasteiger partial charge in [-0.2, -0.15) is 10.1 Å². The van der Waals surface area contributed by atoms with Gasteiger partial charge in [-0.25, -0.2) is 4.98 Å². The third kappa shape index (κ3) is 1.98. The first-order valence-electron chi connectivity index (χ1n) is 6.42. The van der Waals surface area contributed by atoms with E-state index in [1.165, 1.54) is 0 Å². The summed E-state index contributed by atoms with van der Waals surface area (Å²) < 4.78 is 2.00. The molecule has 1 N–H and O–H groups in total. The lowest BCUT2D eigenvalue weighted by Crippen LogP contribution is -1.96. The summed E-state index contributed by atoms with van der Waals surface area (Å²) in [6.07, 6.45) is 5.41. The molecule has 0 unspecified atom stereocenters. The quantitative estimate of drug-likeness (QED) is 0.576. The van der Waals surface area contributed by atoms with E-state index in [1.54, 1.807) is 12.4 Å². The first-order valence-corrected chi connectivity index (χ1v) is 6.79. The standard InChI is InChI=1S/C15H10ClN5/c16-15-17-7-6-14(19-15)21-9-11(12-5-8-18-20-12)10-3-1-2-4-13(10)21/h1-9H,(H,18,20). The van der Waals surface area contributed by atoms with Gasteiger partial charge >= 0.3 is 0 Å². The van der Waals surface area contributed by atoms with Gasteiger partial charge in [0.05, 0.1) is 11.2 Å². The molecule has 0 atom stereocenters. The highest BCUT2D eigenvalue weighted by molar-refractivity contribution is 6.28. The Kier molecular flexibility index (Phi) is 2.72. The number of aromatic amines is 1. The van der Waals surface area contributed by atoms with Crippen LogP contribution in [0.3, 0.4) is 0 Å². The maximum atomic E-state index is 5.90. The highest BCUT2D eigenvalue weighted by Crippen LogP contribution is 2.30. The Morgan fingerprint density at radius 2 is 1.95 bits per heavy atom. The molecule has 4 rings (SSSR count). The lowest BCUT2D eigenvalue weighted by Gasteiger charge is -2.03. The molecule has 0 amide bonds. The molecule has 5 nitrogen and oxygen atoms in total. The smallest absolute Gasteiger partial charge is 0.224 e. The van der Waals surface area contributed by atoms with Crippen LogP contribution in [0.15, 0.2) is 55.0 Å². The van der Waals surface area contributed by atoms with Crippen LogP contribution < -0.4 is 0 Å². The van der Waals surface area contributed by atoms with Crippen LogP contribution in [0.5, 0.6) is 0 Å². The molecule has 0 bridgehead atoms. The first kappa shape index (κ1) is 12.1. The van der Waals surface area contributed by atoms with Crippen LogP contribution in [0, 0.1) is 0 Å². The predicted octanol–water partition coefficient (Wildman–Crippen LogP) is 3.46. The number of fused-ring (bicyclic) bond motifs is 1. The molecule has 1 aromatic carbocycles. The van der Waals surface area contributed by atoms with E-state index >= 15 is 0 Å². The van der Waals surface area contributed by atoms with Crippen LogP contribution >= 0.6 is 11.6 Å². The number of hydrogen-bond donors (Lipinski definition) is 1. The minimum atomic E-state index is 0.230. The van der Waals surface area contributed by atoms with Crippen LogP contribution in [-0.2, 0) is 0 Å². The number of rotatable bonds is 2.